The fraction of sp³-hybridized carbons (Fsp3) is 0.444. The first-order chi connectivity index (χ1) is 6.91. The predicted octanol–water partition coefficient (Wildman–Crippen LogP) is 1.73. The summed E-state index contributed by atoms with van der Waals surface area (Å²) in [7, 11) is 0. The number of alkyl halides is 3. The first-order valence-electron chi connectivity index (χ1n) is 4.31. The Morgan fingerprint density at radius 1 is 1.53 bits per heavy atom. The molecule has 0 aliphatic rings. The molecule has 3 nitrogen and oxygen atoms in total. The molecule has 0 aliphatic heterocycles. The molecule has 1 unspecified atom stereocenters. The minimum atomic E-state index is -4.60. The van der Waals surface area contributed by atoms with Crippen LogP contribution in [0.25, 0.3) is 0 Å². The zero-order valence-corrected chi connectivity index (χ0v) is 8.04. The number of hydrogen-bond donors (Lipinski definition) is 2. The van der Waals surface area contributed by atoms with E-state index in [4.69, 9.17) is 5.11 Å². The third-order valence-corrected chi connectivity index (χ3v) is 1.85. The maximum Gasteiger partial charge on any atom is 0.416 e. The fourth-order valence-corrected chi connectivity index (χ4v) is 0.980. The lowest BCUT2D eigenvalue weighted by atomic mass is 10.3. The molecule has 0 saturated carbocycles. The highest BCUT2D eigenvalue weighted by atomic mass is 19.4. The van der Waals surface area contributed by atoms with Gasteiger partial charge in [-0.1, -0.05) is 6.07 Å². The van der Waals surface area contributed by atoms with Gasteiger partial charge in [-0.25, -0.2) is 4.98 Å². The SMILES string of the molecule is Cc1cccnc1NCC(O)C(F)(F)F. The lowest BCUT2D eigenvalue weighted by Crippen LogP contribution is -2.35. The largest absolute Gasteiger partial charge is 0.416 e. The number of nitrogens with one attached hydrogen (secondary N) is 1. The van der Waals surface area contributed by atoms with Crippen LogP contribution < -0.4 is 5.32 Å². The Kier molecular flexibility index (Phi) is 3.52. The Bertz CT molecular complexity index is 327. The monoisotopic (exact) mass is 220 g/mol. The van der Waals surface area contributed by atoms with Gasteiger partial charge in [0.2, 0.25) is 0 Å². The Morgan fingerprint density at radius 2 is 2.20 bits per heavy atom. The normalized spacial score (nSPS) is 13.7. The van der Waals surface area contributed by atoms with E-state index in [9.17, 15) is 13.2 Å². The van der Waals surface area contributed by atoms with Crippen LogP contribution in [0.3, 0.4) is 0 Å². The third-order valence-electron chi connectivity index (χ3n) is 1.85. The molecular weight excluding hydrogens is 209 g/mol. The molecule has 84 valence electrons. The second-order valence-corrected chi connectivity index (χ2v) is 3.11. The number of aromatic nitrogens is 1. The lowest BCUT2D eigenvalue weighted by Gasteiger charge is -2.15. The molecule has 0 saturated heterocycles. The van der Waals surface area contributed by atoms with Crippen LogP contribution in [0, 0.1) is 6.92 Å². The molecule has 1 rings (SSSR count). The van der Waals surface area contributed by atoms with Crippen molar-refractivity contribution in [3.8, 4) is 0 Å². The number of rotatable bonds is 3. The van der Waals surface area contributed by atoms with Gasteiger partial charge in [0.25, 0.3) is 0 Å². The quantitative estimate of drug-likeness (QED) is 0.815. The van der Waals surface area contributed by atoms with Gasteiger partial charge < -0.3 is 10.4 Å². The summed E-state index contributed by atoms with van der Waals surface area (Å²) in [5, 5.41) is 11.2. The molecule has 2 N–H and O–H groups in total. The average molecular weight is 220 g/mol. The molecule has 1 heterocycles. The van der Waals surface area contributed by atoms with Crippen molar-refractivity contribution in [2.24, 2.45) is 0 Å². The van der Waals surface area contributed by atoms with Crippen molar-refractivity contribution in [1.82, 2.24) is 4.98 Å². The minimum absolute atomic E-state index is 0.348. The number of nitrogens with zero attached hydrogens (tertiary/aromatic N) is 1. The molecule has 15 heavy (non-hydrogen) atoms. The van der Waals surface area contributed by atoms with Crippen molar-refractivity contribution in [2.45, 2.75) is 19.2 Å². The van der Waals surface area contributed by atoms with Gasteiger partial charge in [0.1, 0.15) is 5.82 Å². The highest BCUT2D eigenvalue weighted by molar-refractivity contribution is 5.42. The van der Waals surface area contributed by atoms with Gasteiger partial charge in [-0.15, -0.1) is 0 Å². The van der Waals surface area contributed by atoms with Gasteiger partial charge in [-0.3, -0.25) is 0 Å². The molecule has 0 radical (unpaired) electrons. The summed E-state index contributed by atoms with van der Waals surface area (Å²) in [6.07, 6.45) is -5.51. The topological polar surface area (TPSA) is 45.2 Å². The van der Waals surface area contributed by atoms with Gasteiger partial charge in [0.05, 0.1) is 6.54 Å². The van der Waals surface area contributed by atoms with Crippen molar-refractivity contribution in [1.29, 1.82) is 0 Å². The third kappa shape index (κ3) is 3.39. The maximum absolute atomic E-state index is 11.9. The van der Waals surface area contributed by atoms with E-state index < -0.39 is 18.8 Å². The number of aryl methyl sites for hydroxylation is 1. The van der Waals surface area contributed by atoms with Crippen LogP contribution in [0.2, 0.25) is 0 Å². The van der Waals surface area contributed by atoms with E-state index in [0.717, 1.165) is 5.56 Å². The van der Waals surface area contributed by atoms with Gasteiger partial charge >= 0.3 is 6.18 Å². The Labute approximate surface area is 85.0 Å². The van der Waals surface area contributed by atoms with E-state index in [-0.39, 0.29) is 0 Å². The lowest BCUT2D eigenvalue weighted by molar-refractivity contribution is -0.198. The second-order valence-electron chi connectivity index (χ2n) is 3.11. The van der Waals surface area contributed by atoms with E-state index in [1.807, 2.05) is 0 Å². The molecule has 0 fully saturated rings. The summed E-state index contributed by atoms with van der Waals surface area (Å²) in [6, 6.07) is 3.40. The fourth-order valence-electron chi connectivity index (χ4n) is 0.980. The van der Waals surface area contributed by atoms with E-state index in [1.165, 1.54) is 6.20 Å². The molecular formula is C9H11F3N2O. The van der Waals surface area contributed by atoms with Crippen molar-refractivity contribution in [2.75, 3.05) is 11.9 Å². The molecule has 0 bridgehead atoms. The van der Waals surface area contributed by atoms with Crippen LogP contribution in [0.5, 0.6) is 0 Å². The molecule has 0 spiro atoms. The summed E-state index contributed by atoms with van der Waals surface area (Å²) in [5.74, 6) is 0.348. The van der Waals surface area contributed by atoms with Gasteiger partial charge in [-0.2, -0.15) is 13.2 Å². The first-order valence-corrected chi connectivity index (χ1v) is 4.31. The van der Waals surface area contributed by atoms with E-state index >= 15 is 0 Å². The maximum atomic E-state index is 11.9. The van der Waals surface area contributed by atoms with Crippen LogP contribution in [0.4, 0.5) is 19.0 Å². The standard InChI is InChI=1S/C9H11F3N2O/c1-6-3-2-4-13-8(6)14-5-7(15)9(10,11)12/h2-4,7,15H,5H2,1H3,(H,13,14). The van der Waals surface area contributed by atoms with Crippen molar-refractivity contribution in [3.63, 3.8) is 0 Å². The number of hydrogen-bond acceptors (Lipinski definition) is 3. The number of aliphatic hydroxyl groups excluding tert-OH is 1. The van der Waals surface area contributed by atoms with E-state index in [1.54, 1.807) is 19.1 Å². The van der Waals surface area contributed by atoms with Crippen molar-refractivity contribution < 1.29 is 18.3 Å². The number of pyridine rings is 1. The first kappa shape index (κ1) is 11.8. The highest BCUT2D eigenvalue weighted by Crippen LogP contribution is 2.20. The average Bonchev–Trinajstić information content (AvgIpc) is 2.14. The molecule has 1 aromatic heterocycles. The summed E-state index contributed by atoms with van der Waals surface area (Å²) in [5.41, 5.74) is 0.729. The Hall–Kier alpha value is -1.30. The number of halogens is 3. The smallest absolute Gasteiger partial charge is 0.382 e. The minimum Gasteiger partial charge on any atom is -0.382 e. The van der Waals surface area contributed by atoms with Gasteiger partial charge in [0, 0.05) is 6.20 Å². The summed E-state index contributed by atoms with van der Waals surface area (Å²) in [6.45, 7) is 1.12. The Balaban J connectivity index is 2.55. The molecule has 0 aromatic carbocycles. The van der Waals surface area contributed by atoms with Crippen LogP contribution in [-0.2, 0) is 0 Å². The molecule has 0 aliphatic carbocycles. The van der Waals surface area contributed by atoms with Crippen LogP contribution in [-0.4, -0.2) is 28.9 Å². The van der Waals surface area contributed by atoms with Crippen molar-refractivity contribution in [3.05, 3.63) is 23.9 Å². The highest BCUT2D eigenvalue weighted by Gasteiger charge is 2.37. The number of aliphatic hydroxyl groups is 1. The summed E-state index contributed by atoms with van der Waals surface area (Å²) < 4.78 is 35.8. The second kappa shape index (κ2) is 4.48. The molecule has 6 heteroatoms. The zero-order valence-electron chi connectivity index (χ0n) is 8.04. The summed E-state index contributed by atoms with van der Waals surface area (Å²) in [4.78, 5) is 3.84. The Morgan fingerprint density at radius 3 is 2.73 bits per heavy atom. The van der Waals surface area contributed by atoms with Gasteiger partial charge in [-0.05, 0) is 18.6 Å². The molecule has 1 atom stereocenters. The summed E-state index contributed by atoms with van der Waals surface area (Å²) >= 11 is 0. The van der Waals surface area contributed by atoms with Gasteiger partial charge in [0.15, 0.2) is 6.10 Å². The van der Waals surface area contributed by atoms with Crippen LogP contribution in [0.1, 0.15) is 5.56 Å². The molecule has 1 aromatic rings. The zero-order chi connectivity index (χ0) is 11.5. The van der Waals surface area contributed by atoms with E-state index in [2.05, 4.69) is 10.3 Å². The van der Waals surface area contributed by atoms with Crippen LogP contribution in [0.15, 0.2) is 18.3 Å². The van der Waals surface area contributed by atoms with Crippen molar-refractivity contribution >= 4 is 5.82 Å². The number of anilines is 1. The van der Waals surface area contributed by atoms with Crippen LogP contribution >= 0.6 is 0 Å². The van der Waals surface area contributed by atoms with E-state index in [0.29, 0.717) is 5.82 Å². The predicted molar refractivity (Wildman–Crippen MR) is 49.5 cm³/mol. The molecule has 0 amide bonds.